The summed E-state index contributed by atoms with van der Waals surface area (Å²) in [6, 6.07) is 0.522. The highest BCUT2D eigenvalue weighted by Crippen LogP contribution is 2.20. The quantitative estimate of drug-likeness (QED) is 0.602. The van der Waals surface area contributed by atoms with Gasteiger partial charge in [-0.05, 0) is 25.7 Å². The van der Waals surface area contributed by atoms with Crippen LogP contribution in [0.1, 0.15) is 25.7 Å². The summed E-state index contributed by atoms with van der Waals surface area (Å²) in [4.78, 5) is 11.0. The molecule has 1 saturated carbocycles. The molecule has 0 amide bonds. The van der Waals surface area contributed by atoms with Crippen LogP contribution in [-0.2, 0) is 9.53 Å². The van der Waals surface area contributed by atoms with Gasteiger partial charge in [-0.1, -0.05) is 0 Å². The fourth-order valence-electron chi connectivity index (χ4n) is 1.30. The lowest BCUT2D eigenvalue weighted by atomic mass is 10.3. The van der Waals surface area contributed by atoms with Crippen LogP contribution in [0.25, 0.3) is 0 Å². The number of carbonyl (C=O) groups is 1. The molecular weight excluding hydrogens is 156 g/mol. The van der Waals surface area contributed by atoms with E-state index in [1.807, 2.05) is 0 Å². The number of rotatable bonds is 2. The van der Waals surface area contributed by atoms with Crippen molar-refractivity contribution in [1.29, 1.82) is 5.26 Å². The first-order valence-corrected chi connectivity index (χ1v) is 4.09. The highest BCUT2D eigenvalue weighted by molar-refractivity contribution is 5.78. The molecule has 1 atom stereocenters. The number of nitriles is 1. The normalized spacial score (nSPS) is 20.0. The van der Waals surface area contributed by atoms with Gasteiger partial charge in [0.2, 0.25) is 0 Å². The number of nitrogens with zero attached hydrogens (tertiary/aromatic N) is 1. The highest BCUT2D eigenvalue weighted by Gasteiger charge is 2.22. The van der Waals surface area contributed by atoms with Crippen molar-refractivity contribution in [2.45, 2.75) is 37.8 Å². The maximum Gasteiger partial charge on any atom is 0.338 e. The number of nitrogens with two attached hydrogens (primary N) is 1. The van der Waals surface area contributed by atoms with E-state index in [9.17, 15) is 4.79 Å². The van der Waals surface area contributed by atoms with Gasteiger partial charge in [0.1, 0.15) is 6.10 Å². The first kappa shape index (κ1) is 9.01. The van der Waals surface area contributed by atoms with E-state index in [1.165, 1.54) is 0 Å². The monoisotopic (exact) mass is 168 g/mol. The Hall–Kier alpha value is -1.08. The molecule has 0 heterocycles. The zero-order chi connectivity index (χ0) is 8.97. The van der Waals surface area contributed by atoms with Gasteiger partial charge in [-0.15, -0.1) is 0 Å². The number of hydrogen-bond donors (Lipinski definition) is 1. The Labute approximate surface area is 71.3 Å². The summed E-state index contributed by atoms with van der Waals surface area (Å²) in [6.45, 7) is 0. The number of carbonyl (C=O) groups excluding carboxylic acids is 1. The molecular formula is C8H12N2O2. The Morgan fingerprint density at radius 3 is 2.67 bits per heavy atom. The molecule has 0 spiro atoms. The molecule has 0 saturated heterocycles. The van der Waals surface area contributed by atoms with Gasteiger partial charge in [0.25, 0.3) is 0 Å². The van der Waals surface area contributed by atoms with Crippen molar-refractivity contribution in [2.24, 2.45) is 5.73 Å². The van der Waals surface area contributed by atoms with E-state index in [1.54, 1.807) is 6.07 Å². The molecule has 1 fully saturated rings. The molecule has 1 aliphatic rings. The third-order valence-corrected chi connectivity index (χ3v) is 1.98. The fourth-order valence-corrected chi connectivity index (χ4v) is 1.30. The lowest BCUT2D eigenvalue weighted by Crippen LogP contribution is -2.32. The Balaban J connectivity index is 2.31. The molecule has 1 unspecified atom stereocenters. The van der Waals surface area contributed by atoms with E-state index in [2.05, 4.69) is 0 Å². The average Bonchev–Trinajstić information content (AvgIpc) is 2.55. The van der Waals surface area contributed by atoms with E-state index < -0.39 is 12.0 Å². The minimum Gasteiger partial charge on any atom is -0.460 e. The molecule has 0 aliphatic heterocycles. The number of ether oxygens (including phenoxy) is 1. The molecule has 2 N–H and O–H groups in total. The molecule has 4 heteroatoms. The van der Waals surface area contributed by atoms with Crippen molar-refractivity contribution in [2.75, 3.05) is 0 Å². The van der Waals surface area contributed by atoms with Crippen LogP contribution >= 0.6 is 0 Å². The van der Waals surface area contributed by atoms with Crippen molar-refractivity contribution in [3.63, 3.8) is 0 Å². The molecule has 0 radical (unpaired) electrons. The molecule has 1 aliphatic carbocycles. The minimum absolute atomic E-state index is 0.00287. The molecule has 4 nitrogen and oxygen atoms in total. The van der Waals surface area contributed by atoms with Gasteiger partial charge >= 0.3 is 5.97 Å². The van der Waals surface area contributed by atoms with E-state index in [0.717, 1.165) is 25.7 Å². The lowest BCUT2D eigenvalue weighted by molar-refractivity contribution is -0.148. The number of esters is 1. The van der Waals surface area contributed by atoms with Crippen LogP contribution in [-0.4, -0.2) is 18.1 Å². The van der Waals surface area contributed by atoms with E-state index >= 15 is 0 Å². The molecule has 12 heavy (non-hydrogen) atoms. The van der Waals surface area contributed by atoms with Gasteiger partial charge in [-0.3, -0.25) is 0 Å². The second-order valence-electron chi connectivity index (χ2n) is 2.95. The first-order chi connectivity index (χ1) is 5.74. The third kappa shape index (κ3) is 2.21. The van der Waals surface area contributed by atoms with Crippen molar-refractivity contribution in [1.82, 2.24) is 0 Å². The Kier molecular flexibility index (Phi) is 3.06. The molecule has 0 aromatic heterocycles. The molecule has 0 aromatic rings. The Morgan fingerprint density at radius 2 is 2.17 bits per heavy atom. The van der Waals surface area contributed by atoms with Gasteiger partial charge in [-0.2, -0.15) is 5.26 Å². The summed E-state index contributed by atoms with van der Waals surface area (Å²) in [6.07, 6.45) is 4.00. The number of hydrogen-bond acceptors (Lipinski definition) is 4. The Morgan fingerprint density at radius 1 is 1.58 bits per heavy atom. The van der Waals surface area contributed by atoms with Crippen molar-refractivity contribution in [3.8, 4) is 6.07 Å². The van der Waals surface area contributed by atoms with Crippen LogP contribution < -0.4 is 5.73 Å². The van der Waals surface area contributed by atoms with Crippen LogP contribution in [0, 0.1) is 11.3 Å². The van der Waals surface area contributed by atoms with E-state index in [4.69, 9.17) is 15.7 Å². The van der Waals surface area contributed by atoms with Gasteiger partial charge in [0, 0.05) is 0 Å². The van der Waals surface area contributed by atoms with E-state index in [0.29, 0.717) is 0 Å². The summed E-state index contributed by atoms with van der Waals surface area (Å²) in [5, 5.41) is 8.30. The first-order valence-electron chi connectivity index (χ1n) is 4.09. The minimum atomic E-state index is -1.12. The van der Waals surface area contributed by atoms with Gasteiger partial charge in [-0.25, -0.2) is 4.79 Å². The van der Waals surface area contributed by atoms with Crippen LogP contribution in [0.4, 0.5) is 0 Å². The summed E-state index contributed by atoms with van der Waals surface area (Å²) in [5.41, 5.74) is 5.16. The molecule has 0 bridgehead atoms. The van der Waals surface area contributed by atoms with Crippen LogP contribution in [0.15, 0.2) is 0 Å². The maximum absolute atomic E-state index is 11.0. The van der Waals surface area contributed by atoms with Gasteiger partial charge < -0.3 is 10.5 Å². The summed E-state index contributed by atoms with van der Waals surface area (Å²) < 4.78 is 4.98. The summed E-state index contributed by atoms with van der Waals surface area (Å²) >= 11 is 0. The standard InChI is InChI=1S/C8H12N2O2/c9-5-7(10)8(11)12-6-3-1-2-4-6/h6-7H,1-4,10H2. The predicted octanol–water partition coefficient (Wildman–Crippen LogP) is 0.323. The third-order valence-electron chi connectivity index (χ3n) is 1.98. The van der Waals surface area contributed by atoms with Crippen molar-refractivity contribution < 1.29 is 9.53 Å². The zero-order valence-corrected chi connectivity index (χ0v) is 6.82. The van der Waals surface area contributed by atoms with Crippen LogP contribution in [0.2, 0.25) is 0 Å². The zero-order valence-electron chi connectivity index (χ0n) is 6.82. The fraction of sp³-hybridized carbons (Fsp3) is 0.750. The second-order valence-corrected chi connectivity index (χ2v) is 2.95. The largest absolute Gasteiger partial charge is 0.460 e. The van der Waals surface area contributed by atoms with Crippen molar-refractivity contribution in [3.05, 3.63) is 0 Å². The molecule has 66 valence electrons. The topological polar surface area (TPSA) is 76.1 Å². The molecule has 0 aromatic carbocycles. The van der Waals surface area contributed by atoms with Crippen LogP contribution in [0.3, 0.4) is 0 Å². The van der Waals surface area contributed by atoms with Gasteiger partial charge in [0.15, 0.2) is 6.04 Å². The second kappa shape index (κ2) is 4.07. The highest BCUT2D eigenvalue weighted by atomic mass is 16.5. The summed E-state index contributed by atoms with van der Waals surface area (Å²) in [5.74, 6) is -0.593. The molecule has 1 rings (SSSR count). The van der Waals surface area contributed by atoms with E-state index in [-0.39, 0.29) is 6.10 Å². The van der Waals surface area contributed by atoms with Crippen LogP contribution in [0.5, 0.6) is 0 Å². The Bertz CT molecular complexity index is 204. The predicted molar refractivity (Wildman–Crippen MR) is 41.9 cm³/mol. The average molecular weight is 168 g/mol. The van der Waals surface area contributed by atoms with Crippen molar-refractivity contribution >= 4 is 5.97 Å². The maximum atomic E-state index is 11.0. The van der Waals surface area contributed by atoms with Gasteiger partial charge in [0.05, 0.1) is 6.07 Å². The smallest absolute Gasteiger partial charge is 0.338 e. The summed E-state index contributed by atoms with van der Waals surface area (Å²) in [7, 11) is 0. The SMILES string of the molecule is N#CC(N)C(=O)OC1CCCC1. The lowest BCUT2D eigenvalue weighted by Gasteiger charge is -2.11.